The SMILES string of the molecule is Cc1ccc(C(O)/C2=C/CCCCCC2)c(F)c1. The van der Waals surface area contributed by atoms with Crippen LogP contribution in [0.3, 0.4) is 0 Å². The molecule has 18 heavy (non-hydrogen) atoms. The van der Waals surface area contributed by atoms with E-state index >= 15 is 0 Å². The van der Waals surface area contributed by atoms with Crippen LogP contribution >= 0.6 is 0 Å². The summed E-state index contributed by atoms with van der Waals surface area (Å²) in [5.41, 5.74) is 2.28. The average Bonchev–Trinajstić information content (AvgIpc) is 2.27. The van der Waals surface area contributed by atoms with Crippen molar-refractivity contribution in [2.75, 3.05) is 0 Å². The minimum atomic E-state index is -0.774. The summed E-state index contributed by atoms with van der Waals surface area (Å²) in [6.45, 7) is 1.86. The molecule has 1 aliphatic rings. The van der Waals surface area contributed by atoms with Crippen molar-refractivity contribution in [3.05, 3.63) is 46.8 Å². The summed E-state index contributed by atoms with van der Waals surface area (Å²) >= 11 is 0. The minimum absolute atomic E-state index is 0.301. The zero-order valence-corrected chi connectivity index (χ0v) is 11.0. The summed E-state index contributed by atoms with van der Waals surface area (Å²) in [6, 6.07) is 5.04. The lowest BCUT2D eigenvalue weighted by molar-refractivity contribution is 0.204. The number of benzene rings is 1. The number of hydrogen-bond donors (Lipinski definition) is 1. The van der Waals surface area contributed by atoms with Crippen LogP contribution in [0.15, 0.2) is 29.8 Å². The molecular weight excluding hydrogens is 227 g/mol. The Labute approximate surface area is 108 Å². The first-order chi connectivity index (χ1) is 8.68. The predicted octanol–water partition coefficient (Wildman–Crippen LogP) is 4.45. The molecule has 1 aliphatic carbocycles. The Morgan fingerprint density at radius 1 is 1.17 bits per heavy atom. The van der Waals surface area contributed by atoms with Crippen LogP contribution in [0.5, 0.6) is 0 Å². The van der Waals surface area contributed by atoms with E-state index in [-0.39, 0.29) is 5.82 Å². The van der Waals surface area contributed by atoms with E-state index in [4.69, 9.17) is 0 Å². The first kappa shape index (κ1) is 13.3. The molecule has 1 aromatic rings. The van der Waals surface area contributed by atoms with Gasteiger partial charge in [0.2, 0.25) is 0 Å². The van der Waals surface area contributed by atoms with E-state index in [1.165, 1.54) is 25.3 Å². The molecule has 0 fully saturated rings. The Bertz CT molecular complexity index is 437. The van der Waals surface area contributed by atoms with E-state index in [0.29, 0.717) is 5.56 Å². The maximum absolute atomic E-state index is 13.9. The van der Waals surface area contributed by atoms with Gasteiger partial charge in [-0.05, 0) is 49.8 Å². The molecule has 1 N–H and O–H groups in total. The fourth-order valence-electron chi connectivity index (χ4n) is 2.52. The third-order valence-electron chi connectivity index (χ3n) is 3.63. The van der Waals surface area contributed by atoms with Crippen LogP contribution in [-0.2, 0) is 0 Å². The van der Waals surface area contributed by atoms with E-state index in [1.54, 1.807) is 6.07 Å². The minimum Gasteiger partial charge on any atom is -0.384 e. The van der Waals surface area contributed by atoms with Gasteiger partial charge >= 0.3 is 0 Å². The Morgan fingerprint density at radius 3 is 2.72 bits per heavy atom. The first-order valence-corrected chi connectivity index (χ1v) is 6.81. The molecule has 0 spiro atoms. The number of hydrogen-bond acceptors (Lipinski definition) is 1. The van der Waals surface area contributed by atoms with Gasteiger partial charge in [-0.2, -0.15) is 0 Å². The Hall–Kier alpha value is -1.15. The molecule has 1 aromatic carbocycles. The maximum Gasteiger partial charge on any atom is 0.129 e. The quantitative estimate of drug-likeness (QED) is 0.767. The molecule has 0 saturated carbocycles. The van der Waals surface area contributed by atoms with Gasteiger partial charge in [0.1, 0.15) is 11.9 Å². The van der Waals surface area contributed by atoms with Gasteiger partial charge < -0.3 is 5.11 Å². The number of rotatable bonds is 2. The van der Waals surface area contributed by atoms with Gasteiger partial charge in [-0.1, -0.05) is 31.1 Å². The molecule has 2 rings (SSSR count). The van der Waals surface area contributed by atoms with Gasteiger partial charge in [0, 0.05) is 5.56 Å². The zero-order chi connectivity index (χ0) is 13.0. The molecule has 0 heterocycles. The molecule has 0 radical (unpaired) electrons. The lowest BCUT2D eigenvalue weighted by atomic mass is 9.92. The van der Waals surface area contributed by atoms with Crippen LogP contribution in [0.4, 0.5) is 4.39 Å². The highest BCUT2D eigenvalue weighted by atomic mass is 19.1. The molecular formula is C16H21FO. The summed E-state index contributed by atoms with van der Waals surface area (Å²) in [6.07, 6.45) is 7.95. The lowest BCUT2D eigenvalue weighted by Gasteiger charge is -2.18. The van der Waals surface area contributed by atoms with Crippen LogP contribution in [0.2, 0.25) is 0 Å². The van der Waals surface area contributed by atoms with Crippen LogP contribution in [0.1, 0.15) is 55.8 Å². The molecule has 0 aromatic heterocycles. The van der Waals surface area contributed by atoms with Crippen molar-refractivity contribution in [1.82, 2.24) is 0 Å². The van der Waals surface area contributed by atoms with E-state index < -0.39 is 6.10 Å². The summed E-state index contributed by atoms with van der Waals surface area (Å²) in [5, 5.41) is 10.3. The number of halogens is 1. The fraction of sp³-hybridized carbons (Fsp3) is 0.500. The Balaban J connectivity index is 2.20. The van der Waals surface area contributed by atoms with Crippen molar-refractivity contribution in [2.45, 2.75) is 51.6 Å². The predicted molar refractivity (Wildman–Crippen MR) is 71.9 cm³/mol. The monoisotopic (exact) mass is 248 g/mol. The van der Waals surface area contributed by atoms with Crippen molar-refractivity contribution in [3.8, 4) is 0 Å². The van der Waals surface area contributed by atoms with Crippen LogP contribution in [0.25, 0.3) is 0 Å². The van der Waals surface area contributed by atoms with Crippen molar-refractivity contribution in [3.63, 3.8) is 0 Å². The third kappa shape index (κ3) is 3.20. The van der Waals surface area contributed by atoms with Gasteiger partial charge in [-0.25, -0.2) is 4.39 Å². The smallest absolute Gasteiger partial charge is 0.129 e. The van der Waals surface area contributed by atoms with Crippen LogP contribution in [-0.4, -0.2) is 5.11 Å². The highest BCUT2D eigenvalue weighted by molar-refractivity contribution is 5.30. The number of aliphatic hydroxyl groups excluding tert-OH is 1. The highest BCUT2D eigenvalue weighted by Gasteiger charge is 2.17. The van der Waals surface area contributed by atoms with Crippen LogP contribution in [0, 0.1) is 12.7 Å². The van der Waals surface area contributed by atoms with Gasteiger partial charge in [0.15, 0.2) is 0 Å². The molecule has 0 amide bonds. The zero-order valence-electron chi connectivity index (χ0n) is 11.0. The highest BCUT2D eigenvalue weighted by Crippen LogP contribution is 2.30. The standard InChI is InChI=1S/C16H21FO/c1-12-9-10-14(15(17)11-12)16(18)13-7-5-3-2-4-6-8-13/h7,9-11,16,18H,2-6,8H2,1H3/b13-7+. The van der Waals surface area contributed by atoms with E-state index in [2.05, 4.69) is 6.08 Å². The van der Waals surface area contributed by atoms with Gasteiger partial charge in [-0.15, -0.1) is 0 Å². The lowest BCUT2D eigenvalue weighted by Crippen LogP contribution is -2.06. The van der Waals surface area contributed by atoms with Gasteiger partial charge in [0.25, 0.3) is 0 Å². The van der Waals surface area contributed by atoms with Crippen LogP contribution < -0.4 is 0 Å². The Morgan fingerprint density at radius 2 is 1.94 bits per heavy atom. The third-order valence-corrected chi connectivity index (χ3v) is 3.63. The average molecular weight is 248 g/mol. The van der Waals surface area contributed by atoms with Gasteiger partial charge in [0.05, 0.1) is 0 Å². The van der Waals surface area contributed by atoms with E-state index in [0.717, 1.165) is 30.4 Å². The molecule has 0 saturated heterocycles. The number of allylic oxidation sites excluding steroid dienone is 1. The van der Waals surface area contributed by atoms with Crippen molar-refractivity contribution in [1.29, 1.82) is 0 Å². The summed E-state index contributed by atoms with van der Waals surface area (Å²) in [5.74, 6) is -0.301. The largest absolute Gasteiger partial charge is 0.384 e. The normalized spacial score (nSPS) is 21.6. The summed E-state index contributed by atoms with van der Waals surface area (Å²) < 4.78 is 13.9. The molecule has 0 bridgehead atoms. The van der Waals surface area contributed by atoms with Gasteiger partial charge in [-0.3, -0.25) is 0 Å². The Kier molecular flexibility index (Phi) is 4.54. The van der Waals surface area contributed by atoms with Crippen molar-refractivity contribution < 1.29 is 9.50 Å². The molecule has 1 nitrogen and oxygen atoms in total. The topological polar surface area (TPSA) is 20.2 Å². The molecule has 0 aliphatic heterocycles. The van der Waals surface area contributed by atoms with Crippen molar-refractivity contribution >= 4 is 0 Å². The molecule has 1 atom stereocenters. The van der Waals surface area contributed by atoms with E-state index in [1.807, 2.05) is 13.0 Å². The maximum atomic E-state index is 13.9. The number of aliphatic hydroxyl groups is 1. The molecule has 98 valence electrons. The summed E-state index contributed by atoms with van der Waals surface area (Å²) in [7, 11) is 0. The second kappa shape index (κ2) is 6.14. The fourth-order valence-corrected chi connectivity index (χ4v) is 2.52. The second-order valence-corrected chi connectivity index (χ2v) is 5.16. The molecule has 1 unspecified atom stereocenters. The first-order valence-electron chi connectivity index (χ1n) is 6.81. The summed E-state index contributed by atoms with van der Waals surface area (Å²) in [4.78, 5) is 0. The van der Waals surface area contributed by atoms with Crippen molar-refractivity contribution in [2.24, 2.45) is 0 Å². The molecule has 2 heteroatoms. The second-order valence-electron chi connectivity index (χ2n) is 5.16. The van der Waals surface area contributed by atoms with E-state index in [9.17, 15) is 9.50 Å². The number of aryl methyl sites for hydroxylation is 1.